The minimum atomic E-state index is 0.262. The zero-order valence-corrected chi connectivity index (χ0v) is 6.81. The topological polar surface area (TPSA) is 0 Å². The van der Waals surface area contributed by atoms with E-state index in [0.717, 1.165) is 0 Å². The Hall–Kier alpha value is -0.870. The summed E-state index contributed by atoms with van der Waals surface area (Å²) in [6, 6.07) is 0. The van der Waals surface area contributed by atoms with E-state index in [9.17, 15) is 0 Å². The Morgan fingerprint density at radius 2 is 2.00 bits per heavy atom. The zero-order chi connectivity index (χ0) is 7.61. The lowest BCUT2D eigenvalue weighted by molar-refractivity contribution is 0.516. The first kappa shape index (κ1) is 7.24. The Bertz CT molecular complexity index is 197. The second kappa shape index (κ2) is 2.40. The molecule has 0 fully saturated rings. The average molecular weight is 133 g/mol. The first-order valence-electron chi connectivity index (χ1n) is 3.57. The molecule has 0 heteroatoms. The molecule has 0 radical (unpaired) electrons. The van der Waals surface area contributed by atoms with Crippen molar-refractivity contribution >= 4 is 0 Å². The molecule has 0 amide bonds. The molecular formula is C10H13+. The third-order valence-electron chi connectivity index (χ3n) is 1.57. The Balaban J connectivity index is 2.85. The normalized spacial score (nSPS) is 16.5. The average Bonchev–Trinajstić information content (AvgIpc) is 1.88. The highest BCUT2D eigenvalue weighted by Gasteiger charge is 2.20. The number of hydrogen-bond donors (Lipinski definition) is 0. The minimum Gasteiger partial charge on any atom is -0.0443 e. The third kappa shape index (κ3) is 1.55. The van der Waals surface area contributed by atoms with Gasteiger partial charge < -0.3 is 0 Å². The van der Waals surface area contributed by atoms with Crippen LogP contribution < -0.4 is 0 Å². The SMILES string of the molecule is CC(C)(C)C1=CC=C[C+]=C1. The van der Waals surface area contributed by atoms with Crippen molar-refractivity contribution in [2.24, 2.45) is 5.41 Å². The lowest BCUT2D eigenvalue weighted by atomic mass is 9.85. The molecule has 1 rings (SSSR count). The Morgan fingerprint density at radius 1 is 1.30 bits per heavy atom. The molecule has 10 heavy (non-hydrogen) atoms. The molecule has 0 saturated heterocycles. The zero-order valence-electron chi connectivity index (χ0n) is 6.81. The minimum absolute atomic E-state index is 0.262. The van der Waals surface area contributed by atoms with E-state index < -0.39 is 0 Å². The molecule has 0 aromatic carbocycles. The van der Waals surface area contributed by atoms with Gasteiger partial charge in [0, 0.05) is 17.6 Å². The maximum absolute atomic E-state index is 3.07. The van der Waals surface area contributed by atoms with Crippen molar-refractivity contribution in [3.63, 3.8) is 0 Å². The quantitative estimate of drug-likeness (QED) is 0.446. The van der Waals surface area contributed by atoms with E-state index in [1.54, 1.807) is 0 Å². The first-order chi connectivity index (χ1) is 4.61. The van der Waals surface area contributed by atoms with Crippen molar-refractivity contribution in [3.8, 4) is 0 Å². The van der Waals surface area contributed by atoms with Crippen LogP contribution in [0.5, 0.6) is 0 Å². The van der Waals surface area contributed by atoms with Gasteiger partial charge in [-0.1, -0.05) is 0 Å². The lowest BCUT2D eigenvalue weighted by Gasteiger charge is -2.14. The molecule has 0 spiro atoms. The summed E-state index contributed by atoms with van der Waals surface area (Å²) in [5.74, 6) is 0. The van der Waals surface area contributed by atoms with Gasteiger partial charge in [-0.25, -0.2) is 0 Å². The summed E-state index contributed by atoms with van der Waals surface area (Å²) < 4.78 is 0. The first-order valence-corrected chi connectivity index (χ1v) is 3.57. The second-order valence-corrected chi connectivity index (χ2v) is 3.54. The fourth-order valence-electron chi connectivity index (χ4n) is 0.860. The molecule has 0 unspecified atom stereocenters. The highest BCUT2D eigenvalue weighted by atomic mass is 14.2. The van der Waals surface area contributed by atoms with Crippen molar-refractivity contribution < 1.29 is 0 Å². The highest BCUT2D eigenvalue weighted by Crippen LogP contribution is 2.27. The van der Waals surface area contributed by atoms with Crippen molar-refractivity contribution in [2.75, 3.05) is 0 Å². The van der Waals surface area contributed by atoms with E-state index in [4.69, 9.17) is 0 Å². The van der Waals surface area contributed by atoms with Gasteiger partial charge in [-0.2, -0.15) is 0 Å². The maximum atomic E-state index is 3.07. The molecule has 0 saturated carbocycles. The van der Waals surface area contributed by atoms with Gasteiger partial charge in [-0.15, -0.1) is 0 Å². The van der Waals surface area contributed by atoms with Crippen molar-refractivity contribution in [3.05, 3.63) is 36.0 Å². The summed E-state index contributed by atoms with van der Waals surface area (Å²) in [6.45, 7) is 6.61. The van der Waals surface area contributed by atoms with E-state index in [2.05, 4.69) is 32.9 Å². The van der Waals surface area contributed by atoms with E-state index in [1.165, 1.54) is 5.57 Å². The number of allylic oxidation sites excluding steroid dienone is 6. The number of hydrogen-bond acceptors (Lipinski definition) is 0. The van der Waals surface area contributed by atoms with Crippen LogP contribution >= 0.6 is 0 Å². The van der Waals surface area contributed by atoms with Crippen molar-refractivity contribution in [2.45, 2.75) is 20.8 Å². The van der Waals surface area contributed by atoms with Gasteiger partial charge in [0.25, 0.3) is 0 Å². The lowest BCUT2D eigenvalue weighted by Crippen LogP contribution is -2.07. The smallest absolute Gasteiger partial charge is 0.0443 e. The van der Waals surface area contributed by atoms with Crippen LogP contribution in [-0.2, 0) is 0 Å². The van der Waals surface area contributed by atoms with Crippen LogP contribution in [0, 0.1) is 11.5 Å². The van der Waals surface area contributed by atoms with Crippen molar-refractivity contribution in [1.29, 1.82) is 0 Å². The second-order valence-electron chi connectivity index (χ2n) is 3.54. The molecule has 0 N–H and O–H groups in total. The van der Waals surface area contributed by atoms with Gasteiger partial charge in [0.05, 0.1) is 11.6 Å². The van der Waals surface area contributed by atoms with E-state index in [0.29, 0.717) is 0 Å². The molecule has 0 heterocycles. The predicted molar refractivity (Wildman–Crippen MR) is 44.5 cm³/mol. The van der Waals surface area contributed by atoms with Crippen LogP contribution in [-0.4, -0.2) is 0 Å². The van der Waals surface area contributed by atoms with Crippen LogP contribution in [0.3, 0.4) is 0 Å². The molecule has 0 bridgehead atoms. The van der Waals surface area contributed by atoms with E-state index in [1.807, 2.05) is 18.2 Å². The molecule has 0 atom stereocenters. The molecular weight excluding hydrogens is 120 g/mol. The fourth-order valence-corrected chi connectivity index (χ4v) is 0.860. The van der Waals surface area contributed by atoms with E-state index >= 15 is 0 Å². The summed E-state index contributed by atoms with van der Waals surface area (Å²) >= 11 is 0. The third-order valence-corrected chi connectivity index (χ3v) is 1.57. The Morgan fingerprint density at radius 3 is 2.30 bits per heavy atom. The number of rotatable bonds is 0. The van der Waals surface area contributed by atoms with Gasteiger partial charge in [-0.05, 0) is 20.8 Å². The molecule has 52 valence electrons. The predicted octanol–water partition coefficient (Wildman–Crippen LogP) is 2.89. The van der Waals surface area contributed by atoms with Crippen LogP contribution in [0.25, 0.3) is 0 Å². The Kier molecular flexibility index (Phi) is 1.74. The molecule has 0 aliphatic heterocycles. The molecule has 0 aromatic rings. The molecule has 0 nitrogen and oxygen atoms in total. The largest absolute Gasteiger partial charge is 0.106 e. The summed E-state index contributed by atoms with van der Waals surface area (Å²) in [7, 11) is 0. The highest BCUT2D eigenvalue weighted by molar-refractivity contribution is 5.33. The van der Waals surface area contributed by atoms with Gasteiger partial charge in [0.1, 0.15) is 12.2 Å². The van der Waals surface area contributed by atoms with Crippen LogP contribution in [0.4, 0.5) is 0 Å². The van der Waals surface area contributed by atoms with Crippen LogP contribution in [0.15, 0.2) is 29.9 Å². The standard InChI is InChI=1S/C10H13/c1-10(2,3)9-7-5-4-6-8-9/h4-5,7-8H,1-3H3/q+1. The maximum Gasteiger partial charge on any atom is 0.106 e. The molecule has 0 aromatic heterocycles. The summed E-state index contributed by atoms with van der Waals surface area (Å²) in [5, 5.41) is 0. The van der Waals surface area contributed by atoms with Gasteiger partial charge in [0.2, 0.25) is 0 Å². The van der Waals surface area contributed by atoms with Gasteiger partial charge in [0.15, 0.2) is 0 Å². The van der Waals surface area contributed by atoms with Gasteiger partial charge >= 0.3 is 0 Å². The fraction of sp³-hybridized carbons (Fsp3) is 0.400. The van der Waals surface area contributed by atoms with Crippen LogP contribution in [0.2, 0.25) is 0 Å². The van der Waals surface area contributed by atoms with Gasteiger partial charge in [-0.3, -0.25) is 0 Å². The monoisotopic (exact) mass is 133 g/mol. The van der Waals surface area contributed by atoms with E-state index in [-0.39, 0.29) is 5.41 Å². The molecule has 1 aliphatic rings. The van der Waals surface area contributed by atoms with Crippen LogP contribution in [0.1, 0.15) is 20.8 Å². The Labute approximate surface area is 62.9 Å². The van der Waals surface area contributed by atoms with Crippen molar-refractivity contribution in [1.82, 2.24) is 0 Å². The molecule has 1 aliphatic carbocycles. The summed E-state index contributed by atoms with van der Waals surface area (Å²) in [6.07, 6.45) is 11.2. The summed E-state index contributed by atoms with van der Waals surface area (Å²) in [5.41, 5.74) is 1.60. The summed E-state index contributed by atoms with van der Waals surface area (Å²) in [4.78, 5) is 0.